The molecule has 104 valence electrons. The molecule has 0 aromatic heterocycles. The second kappa shape index (κ2) is 6.04. The molecule has 0 saturated carbocycles. The van der Waals surface area contributed by atoms with Crippen LogP contribution in [0.5, 0.6) is 0 Å². The first-order valence-electron chi connectivity index (χ1n) is 6.45. The number of carbonyl (C=O) groups excluding carboxylic acids is 1. The Kier molecular flexibility index (Phi) is 4.39. The van der Waals surface area contributed by atoms with Crippen molar-refractivity contribution in [1.29, 1.82) is 0 Å². The molecule has 1 heterocycles. The number of carbonyl (C=O) groups is 1. The van der Waals surface area contributed by atoms with Crippen LogP contribution in [0.2, 0.25) is 0 Å². The molecule has 5 nitrogen and oxygen atoms in total. The summed E-state index contributed by atoms with van der Waals surface area (Å²) in [6, 6.07) is 7.91. The zero-order valence-electron chi connectivity index (χ0n) is 11.4. The third kappa shape index (κ3) is 3.45. The molecule has 2 atom stereocenters. The Bertz CT molecular complexity index is 431. The smallest absolute Gasteiger partial charge is 0.227 e. The fourth-order valence-electron chi connectivity index (χ4n) is 2.07. The molecule has 3 N–H and O–H groups in total. The van der Waals surface area contributed by atoms with Gasteiger partial charge in [0.2, 0.25) is 5.91 Å². The first-order chi connectivity index (χ1) is 9.08. The van der Waals surface area contributed by atoms with Gasteiger partial charge in [-0.25, -0.2) is 0 Å². The van der Waals surface area contributed by atoms with E-state index in [4.69, 9.17) is 10.5 Å². The van der Waals surface area contributed by atoms with E-state index in [9.17, 15) is 4.79 Å². The van der Waals surface area contributed by atoms with Crippen LogP contribution >= 0.6 is 0 Å². The van der Waals surface area contributed by atoms with Gasteiger partial charge in [-0.15, -0.1) is 0 Å². The fourth-order valence-corrected chi connectivity index (χ4v) is 2.07. The van der Waals surface area contributed by atoms with E-state index in [1.165, 1.54) is 0 Å². The van der Waals surface area contributed by atoms with Crippen LogP contribution in [0.15, 0.2) is 24.3 Å². The summed E-state index contributed by atoms with van der Waals surface area (Å²) >= 11 is 0. The maximum absolute atomic E-state index is 11.9. The third-order valence-electron chi connectivity index (χ3n) is 3.38. The zero-order chi connectivity index (χ0) is 13.8. The van der Waals surface area contributed by atoms with Crippen molar-refractivity contribution in [3.63, 3.8) is 0 Å². The van der Waals surface area contributed by atoms with Crippen LogP contribution in [-0.2, 0) is 16.1 Å². The molecule has 1 saturated heterocycles. The number of amides is 1. The molecule has 0 bridgehead atoms. The van der Waals surface area contributed by atoms with Crippen molar-refractivity contribution in [3.8, 4) is 0 Å². The monoisotopic (exact) mass is 263 g/mol. The Labute approximate surface area is 113 Å². The molecule has 1 aliphatic heterocycles. The van der Waals surface area contributed by atoms with Crippen molar-refractivity contribution in [3.05, 3.63) is 29.8 Å². The van der Waals surface area contributed by atoms with Crippen molar-refractivity contribution in [1.82, 2.24) is 5.32 Å². The van der Waals surface area contributed by atoms with Crippen LogP contribution in [-0.4, -0.2) is 39.3 Å². The molecule has 1 aromatic carbocycles. The van der Waals surface area contributed by atoms with Crippen LogP contribution in [0.4, 0.5) is 5.69 Å². The SMILES string of the molecule is CN(C)c1ccc(CNC(=O)C2COCC2N)cc1. The number of benzene rings is 1. The van der Waals surface area contributed by atoms with Crippen LogP contribution < -0.4 is 16.0 Å². The van der Waals surface area contributed by atoms with Crippen molar-refractivity contribution in [2.45, 2.75) is 12.6 Å². The van der Waals surface area contributed by atoms with Crippen molar-refractivity contribution < 1.29 is 9.53 Å². The molecule has 1 fully saturated rings. The number of anilines is 1. The molecule has 2 rings (SSSR count). The highest BCUT2D eigenvalue weighted by molar-refractivity contribution is 5.79. The molecule has 0 aliphatic carbocycles. The van der Waals surface area contributed by atoms with Gasteiger partial charge in [0, 0.05) is 32.4 Å². The van der Waals surface area contributed by atoms with Crippen LogP contribution in [0, 0.1) is 5.92 Å². The summed E-state index contributed by atoms with van der Waals surface area (Å²) in [5.41, 5.74) is 8.03. The van der Waals surface area contributed by atoms with Crippen LogP contribution in [0.3, 0.4) is 0 Å². The summed E-state index contributed by atoms with van der Waals surface area (Å²) < 4.78 is 5.19. The molecule has 2 unspecified atom stereocenters. The molecule has 5 heteroatoms. The first-order valence-corrected chi connectivity index (χ1v) is 6.45. The summed E-state index contributed by atoms with van der Waals surface area (Å²) in [6.45, 7) is 1.41. The number of nitrogens with zero attached hydrogens (tertiary/aromatic N) is 1. The number of nitrogens with one attached hydrogen (secondary N) is 1. The second-order valence-electron chi connectivity index (χ2n) is 5.09. The molecule has 1 aliphatic rings. The molecular weight excluding hydrogens is 242 g/mol. The molecule has 1 aromatic rings. The molecule has 0 spiro atoms. The topological polar surface area (TPSA) is 67.6 Å². The van der Waals surface area contributed by atoms with E-state index in [0.717, 1.165) is 11.3 Å². The van der Waals surface area contributed by atoms with Crippen molar-refractivity contribution >= 4 is 11.6 Å². The lowest BCUT2D eigenvalue weighted by atomic mass is 10.0. The summed E-state index contributed by atoms with van der Waals surface area (Å²) in [6.07, 6.45) is 0. The van der Waals surface area contributed by atoms with Gasteiger partial charge in [-0.05, 0) is 17.7 Å². The predicted molar refractivity (Wildman–Crippen MR) is 74.9 cm³/mol. The number of nitrogens with two attached hydrogens (primary N) is 1. The molecular formula is C14H21N3O2. The number of ether oxygens (including phenoxy) is 1. The van der Waals surface area contributed by atoms with Gasteiger partial charge in [0.15, 0.2) is 0 Å². The highest BCUT2D eigenvalue weighted by atomic mass is 16.5. The maximum Gasteiger partial charge on any atom is 0.227 e. The fraction of sp³-hybridized carbons (Fsp3) is 0.500. The normalized spacial score (nSPS) is 22.3. The lowest BCUT2D eigenvalue weighted by molar-refractivity contribution is -0.125. The van der Waals surface area contributed by atoms with Gasteiger partial charge in [-0.3, -0.25) is 4.79 Å². The Hall–Kier alpha value is -1.59. The number of hydrogen-bond acceptors (Lipinski definition) is 4. The Morgan fingerprint density at radius 3 is 2.58 bits per heavy atom. The Morgan fingerprint density at radius 2 is 2.05 bits per heavy atom. The van der Waals surface area contributed by atoms with Gasteiger partial charge in [0.25, 0.3) is 0 Å². The summed E-state index contributed by atoms with van der Waals surface area (Å²) in [4.78, 5) is 14.0. The van der Waals surface area contributed by atoms with Crippen LogP contribution in [0.1, 0.15) is 5.56 Å². The van der Waals surface area contributed by atoms with E-state index < -0.39 is 0 Å². The quantitative estimate of drug-likeness (QED) is 0.822. The van der Waals surface area contributed by atoms with Crippen molar-refractivity contribution in [2.75, 3.05) is 32.2 Å². The number of hydrogen-bond donors (Lipinski definition) is 2. The van der Waals surface area contributed by atoms with E-state index in [-0.39, 0.29) is 17.9 Å². The predicted octanol–water partition coefficient (Wildman–Crippen LogP) is 0.343. The molecule has 0 radical (unpaired) electrons. The minimum absolute atomic E-state index is 0.0262. The van der Waals surface area contributed by atoms with Gasteiger partial charge in [-0.1, -0.05) is 12.1 Å². The van der Waals surface area contributed by atoms with Gasteiger partial charge in [-0.2, -0.15) is 0 Å². The van der Waals surface area contributed by atoms with E-state index in [1.807, 2.05) is 43.3 Å². The highest BCUT2D eigenvalue weighted by Gasteiger charge is 2.30. The zero-order valence-corrected chi connectivity index (χ0v) is 11.4. The lowest BCUT2D eigenvalue weighted by Crippen LogP contribution is -2.40. The van der Waals surface area contributed by atoms with Gasteiger partial charge in [0.1, 0.15) is 0 Å². The Balaban J connectivity index is 1.86. The standard InChI is InChI=1S/C14H21N3O2/c1-17(2)11-5-3-10(4-6-11)7-16-14(18)12-8-19-9-13(12)15/h3-6,12-13H,7-9,15H2,1-2H3,(H,16,18). The maximum atomic E-state index is 11.9. The van der Waals surface area contributed by atoms with Crippen LogP contribution in [0.25, 0.3) is 0 Å². The largest absolute Gasteiger partial charge is 0.379 e. The summed E-state index contributed by atoms with van der Waals surface area (Å²) in [5, 5.41) is 2.91. The minimum Gasteiger partial charge on any atom is -0.379 e. The van der Waals surface area contributed by atoms with Crippen molar-refractivity contribution in [2.24, 2.45) is 11.7 Å². The summed E-state index contributed by atoms with van der Waals surface area (Å²) in [7, 11) is 4.00. The second-order valence-corrected chi connectivity index (χ2v) is 5.09. The minimum atomic E-state index is -0.221. The number of rotatable bonds is 4. The van der Waals surface area contributed by atoms with E-state index in [2.05, 4.69) is 5.32 Å². The van der Waals surface area contributed by atoms with E-state index in [1.54, 1.807) is 0 Å². The first kappa shape index (κ1) is 13.8. The lowest BCUT2D eigenvalue weighted by Gasteiger charge is -2.15. The van der Waals surface area contributed by atoms with Gasteiger partial charge in [0.05, 0.1) is 19.1 Å². The average molecular weight is 263 g/mol. The molecule has 1 amide bonds. The molecule has 19 heavy (non-hydrogen) atoms. The third-order valence-corrected chi connectivity index (χ3v) is 3.38. The van der Waals surface area contributed by atoms with Gasteiger partial charge >= 0.3 is 0 Å². The van der Waals surface area contributed by atoms with E-state index in [0.29, 0.717) is 19.8 Å². The van der Waals surface area contributed by atoms with E-state index >= 15 is 0 Å². The highest BCUT2D eigenvalue weighted by Crippen LogP contribution is 2.14. The summed E-state index contributed by atoms with van der Waals surface area (Å²) in [5.74, 6) is -0.247. The van der Waals surface area contributed by atoms with Gasteiger partial charge < -0.3 is 20.7 Å². The Morgan fingerprint density at radius 1 is 1.37 bits per heavy atom. The average Bonchev–Trinajstić information content (AvgIpc) is 2.83.